The number of nitrogens with zero attached hydrogens (tertiary/aromatic N) is 2. The molecule has 0 saturated heterocycles. The summed E-state index contributed by atoms with van der Waals surface area (Å²) in [7, 11) is 0. The fraction of sp³-hybridized carbons (Fsp3) is 0.429. The molecule has 1 heterocycles. The number of nitrogens with one attached hydrogen (secondary N) is 1. The quantitative estimate of drug-likeness (QED) is 0.852. The summed E-state index contributed by atoms with van der Waals surface area (Å²) in [5.41, 5.74) is 7.28. The second kappa shape index (κ2) is 5.31. The lowest BCUT2D eigenvalue weighted by Gasteiger charge is -2.29. The maximum absolute atomic E-state index is 5.58. The molecule has 1 aromatic heterocycles. The van der Waals surface area contributed by atoms with Gasteiger partial charge >= 0.3 is 0 Å². The highest BCUT2D eigenvalue weighted by molar-refractivity contribution is 5.71. The van der Waals surface area contributed by atoms with Gasteiger partial charge in [0.25, 0.3) is 0 Å². The van der Waals surface area contributed by atoms with E-state index in [9.17, 15) is 0 Å². The van der Waals surface area contributed by atoms with Crippen LogP contribution in [-0.4, -0.2) is 22.1 Å². The number of nitrogen functional groups attached to an aromatic ring is 1. The van der Waals surface area contributed by atoms with E-state index in [1.165, 1.54) is 0 Å². The Bertz CT molecular complexity index is 461. The molecule has 0 fully saturated rings. The largest absolute Gasteiger partial charge is 0.396 e. The van der Waals surface area contributed by atoms with Crippen LogP contribution in [0.1, 0.15) is 32.5 Å². The third-order valence-electron chi connectivity index (χ3n) is 3.09. The van der Waals surface area contributed by atoms with Crippen LogP contribution in [0.3, 0.4) is 0 Å². The normalized spacial score (nSPS) is 22.9. The summed E-state index contributed by atoms with van der Waals surface area (Å²) in [5.74, 6) is 0.734. The van der Waals surface area contributed by atoms with Gasteiger partial charge in [0, 0.05) is 11.1 Å². The van der Waals surface area contributed by atoms with Gasteiger partial charge in [-0.15, -0.1) is 0 Å². The second-order valence-corrected chi connectivity index (χ2v) is 4.88. The summed E-state index contributed by atoms with van der Waals surface area (Å²) in [6.45, 7) is 5.41. The van der Waals surface area contributed by atoms with Crippen LogP contribution in [-0.2, 0) is 0 Å². The van der Waals surface area contributed by atoms with E-state index in [1.54, 1.807) is 12.4 Å². The van der Waals surface area contributed by atoms with E-state index in [-0.39, 0.29) is 5.54 Å². The minimum absolute atomic E-state index is 0.0489. The Kier molecular flexibility index (Phi) is 3.77. The molecule has 1 aliphatic rings. The van der Waals surface area contributed by atoms with Gasteiger partial charge in [-0.25, -0.2) is 9.97 Å². The predicted octanol–water partition coefficient (Wildman–Crippen LogP) is 2.16. The minimum atomic E-state index is 0.0489. The third-order valence-corrected chi connectivity index (χ3v) is 3.09. The molecule has 1 aliphatic carbocycles. The van der Waals surface area contributed by atoms with E-state index in [2.05, 4.69) is 47.4 Å². The monoisotopic (exact) mass is 244 g/mol. The lowest BCUT2D eigenvalue weighted by molar-refractivity contribution is 0.439. The van der Waals surface area contributed by atoms with Gasteiger partial charge in [0.15, 0.2) is 5.82 Å². The van der Waals surface area contributed by atoms with Gasteiger partial charge in [0.2, 0.25) is 0 Å². The third kappa shape index (κ3) is 2.96. The number of hydrogen-bond donors (Lipinski definition) is 2. The van der Waals surface area contributed by atoms with E-state index >= 15 is 0 Å². The first-order valence-electron chi connectivity index (χ1n) is 6.35. The fourth-order valence-corrected chi connectivity index (χ4v) is 1.93. The summed E-state index contributed by atoms with van der Waals surface area (Å²) in [6.07, 6.45) is 11.8. The van der Waals surface area contributed by atoms with Crippen molar-refractivity contribution >= 4 is 11.3 Å². The molecule has 1 atom stereocenters. The van der Waals surface area contributed by atoms with Gasteiger partial charge in [0.05, 0.1) is 18.1 Å². The first-order valence-corrected chi connectivity index (χ1v) is 6.35. The summed E-state index contributed by atoms with van der Waals surface area (Å²) >= 11 is 0. The van der Waals surface area contributed by atoms with Gasteiger partial charge in [-0.3, -0.25) is 0 Å². The highest BCUT2D eigenvalue weighted by Gasteiger charge is 2.22. The molecule has 4 nitrogen and oxygen atoms in total. The average Bonchev–Trinajstić information content (AvgIpc) is 2.39. The summed E-state index contributed by atoms with van der Waals surface area (Å²) < 4.78 is 0. The minimum Gasteiger partial charge on any atom is -0.396 e. The smallest absolute Gasteiger partial charge is 0.158 e. The van der Waals surface area contributed by atoms with Gasteiger partial charge < -0.3 is 11.1 Å². The van der Waals surface area contributed by atoms with Crippen molar-refractivity contribution in [2.75, 3.05) is 12.3 Å². The summed E-state index contributed by atoms with van der Waals surface area (Å²) in [5, 5.41) is 3.54. The lowest BCUT2D eigenvalue weighted by Crippen LogP contribution is -2.41. The van der Waals surface area contributed by atoms with Crippen molar-refractivity contribution in [3.63, 3.8) is 0 Å². The van der Waals surface area contributed by atoms with Crippen LogP contribution in [0.5, 0.6) is 0 Å². The number of hydrogen-bond acceptors (Lipinski definition) is 4. The highest BCUT2D eigenvalue weighted by atomic mass is 15.0. The van der Waals surface area contributed by atoms with Gasteiger partial charge in [-0.05, 0) is 26.3 Å². The fourth-order valence-electron chi connectivity index (χ4n) is 1.93. The van der Waals surface area contributed by atoms with Crippen molar-refractivity contribution in [1.82, 2.24) is 15.3 Å². The Balaban J connectivity index is 2.07. The van der Waals surface area contributed by atoms with Crippen molar-refractivity contribution in [2.45, 2.75) is 32.2 Å². The Morgan fingerprint density at radius 2 is 2.11 bits per heavy atom. The van der Waals surface area contributed by atoms with Crippen molar-refractivity contribution in [3.8, 4) is 0 Å². The topological polar surface area (TPSA) is 63.8 Å². The number of anilines is 1. The molecule has 0 radical (unpaired) electrons. The van der Waals surface area contributed by atoms with Gasteiger partial charge in [-0.2, -0.15) is 0 Å². The SMILES string of the molecule is CCCN[C@]1(C)C=CC(c2ncc(N)cn2)=CC1. The van der Waals surface area contributed by atoms with Gasteiger partial charge in [0.1, 0.15) is 0 Å². The number of aromatic nitrogens is 2. The number of rotatable bonds is 4. The zero-order chi connectivity index (χ0) is 13.0. The van der Waals surface area contributed by atoms with Crippen LogP contribution in [0.2, 0.25) is 0 Å². The van der Waals surface area contributed by atoms with E-state index in [4.69, 9.17) is 5.73 Å². The van der Waals surface area contributed by atoms with Crippen LogP contribution < -0.4 is 11.1 Å². The first kappa shape index (κ1) is 12.8. The lowest BCUT2D eigenvalue weighted by atomic mass is 9.90. The summed E-state index contributed by atoms with van der Waals surface area (Å²) in [6, 6.07) is 0. The Morgan fingerprint density at radius 3 is 2.67 bits per heavy atom. The first-order chi connectivity index (χ1) is 8.63. The Hall–Kier alpha value is -1.68. The molecule has 96 valence electrons. The molecule has 0 amide bonds. The van der Waals surface area contributed by atoms with Crippen LogP contribution in [0, 0.1) is 0 Å². The van der Waals surface area contributed by atoms with Crippen LogP contribution >= 0.6 is 0 Å². The molecule has 0 aromatic carbocycles. The zero-order valence-electron chi connectivity index (χ0n) is 11.0. The predicted molar refractivity (Wildman–Crippen MR) is 74.9 cm³/mol. The number of allylic oxidation sites excluding steroid dienone is 2. The van der Waals surface area contributed by atoms with Crippen LogP contribution in [0.15, 0.2) is 30.6 Å². The molecule has 0 saturated carbocycles. The van der Waals surface area contributed by atoms with E-state index in [0.717, 1.165) is 30.8 Å². The molecule has 18 heavy (non-hydrogen) atoms. The van der Waals surface area contributed by atoms with Crippen molar-refractivity contribution in [3.05, 3.63) is 36.4 Å². The van der Waals surface area contributed by atoms with E-state index in [0.29, 0.717) is 5.69 Å². The van der Waals surface area contributed by atoms with E-state index in [1.807, 2.05) is 0 Å². The molecule has 2 rings (SSSR count). The maximum atomic E-state index is 5.58. The Labute approximate surface area is 108 Å². The summed E-state index contributed by atoms with van der Waals surface area (Å²) in [4.78, 5) is 8.47. The second-order valence-electron chi connectivity index (χ2n) is 4.88. The standard InChI is InChI=1S/C14H20N4/c1-3-8-18-14(2)6-4-11(5-7-14)13-16-9-12(15)10-17-13/h4-6,9-10,18H,3,7-8,15H2,1-2H3/t14-/m1/s1. The van der Waals surface area contributed by atoms with Gasteiger partial charge in [-0.1, -0.05) is 25.2 Å². The highest BCUT2D eigenvalue weighted by Crippen LogP contribution is 2.24. The molecule has 0 aliphatic heterocycles. The molecule has 1 aromatic rings. The average molecular weight is 244 g/mol. The van der Waals surface area contributed by atoms with E-state index < -0.39 is 0 Å². The van der Waals surface area contributed by atoms with Crippen molar-refractivity contribution < 1.29 is 0 Å². The Morgan fingerprint density at radius 1 is 1.39 bits per heavy atom. The molecule has 4 heteroatoms. The van der Waals surface area contributed by atoms with Crippen LogP contribution in [0.25, 0.3) is 5.57 Å². The van der Waals surface area contributed by atoms with Crippen molar-refractivity contribution in [1.29, 1.82) is 0 Å². The van der Waals surface area contributed by atoms with Crippen LogP contribution in [0.4, 0.5) is 5.69 Å². The number of nitrogens with two attached hydrogens (primary N) is 1. The zero-order valence-corrected chi connectivity index (χ0v) is 11.0. The molecule has 0 bridgehead atoms. The van der Waals surface area contributed by atoms with Crippen molar-refractivity contribution in [2.24, 2.45) is 0 Å². The molecular formula is C14H20N4. The maximum Gasteiger partial charge on any atom is 0.158 e. The molecular weight excluding hydrogens is 224 g/mol. The molecule has 0 unspecified atom stereocenters. The molecule has 0 spiro atoms. The molecule has 3 N–H and O–H groups in total.